The Balaban J connectivity index is 3.03. The van der Waals surface area contributed by atoms with Gasteiger partial charge in [0.25, 0.3) is 0 Å². The van der Waals surface area contributed by atoms with Gasteiger partial charge in [-0.15, -0.1) is 0 Å². The van der Waals surface area contributed by atoms with Gasteiger partial charge in [-0.25, -0.2) is 4.79 Å². The van der Waals surface area contributed by atoms with Crippen molar-refractivity contribution in [2.24, 2.45) is 7.05 Å². The third kappa shape index (κ3) is 1.30. The molecule has 0 saturated heterocycles. The molecule has 0 aliphatic heterocycles. The Morgan fingerprint density at radius 2 is 2.23 bits per heavy atom. The summed E-state index contributed by atoms with van der Waals surface area (Å²) in [5.74, 6) is -0.407. The number of oxazole rings is 1. The van der Waals surface area contributed by atoms with E-state index in [4.69, 9.17) is 16.0 Å². The molecular weight excluding hydrogens is 257 g/mol. The monoisotopic (exact) mass is 261 g/mol. The fourth-order valence-electron chi connectivity index (χ4n) is 1.20. The molecule has 0 atom stereocenters. The van der Waals surface area contributed by atoms with E-state index in [9.17, 15) is 4.79 Å². The van der Waals surface area contributed by atoms with Crippen LogP contribution < -0.4 is 5.76 Å². The van der Waals surface area contributed by atoms with Gasteiger partial charge in [0.2, 0.25) is 0 Å². The lowest BCUT2D eigenvalue weighted by molar-refractivity contribution is 0.528. The zero-order valence-electron chi connectivity index (χ0n) is 6.67. The van der Waals surface area contributed by atoms with Crippen LogP contribution in [0.3, 0.4) is 0 Å². The topological polar surface area (TPSA) is 35.1 Å². The molecule has 1 heterocycles. The molecule has 0 aliphatic rings. The van der Waals surface area contributed by atoms with E-state index in [-0.39, 0.29) is 0 Å². The largest absolute Gasteiger partial charge is 0.419 e. The maximum Gasteiger partial charge on any atom is 0.419 e. The Labute approximate surface area is 87.0 Å². The molecule has 0 radical (unpaired) electrons. The number of fused-ring (bicyclic) bond motifs is 1. The average Bonchev–Trinajstić information content (AvgIpc) is 2.27. The lowest BCUT2D eigenvalue weighted by Crippen LogP contribution is -2.08. The molecule has 3 nitrogen and oxygen atoms in total. The Bertz CT molecular complexity index is 529. The van der Waals surface area contributed by atoms with Gasteiger partial charge in [0.1, 0.15) is 5.52 Å². The number of hydrogen-bond acceptors (Lipinski definition) is 2. The number of nitrogens with zero attached hydrogens (tertiary/aromatic N) is 1. The molecule has 0 unspecified atom stereocenters. The fourth-order valence-corrected chi connectivity index (χ4v) is 2.11. The van der Waals surface area contributed by atoms with Crippen LogP contribution in [0, 0.1) is 0 Å². The predicted octanol–water partition coefficient (Wildman–Crippen LogP) is 2.55. The first-order chi connectivity index (χ1) is 6.09. The summed E-state index contributed by atoms with van der Waals surface area (Å²) in [4.78, 5) is 11.1. The van der Waals surface area contributed by atoms with E-state index < -0.39 is 5.76 Å². The fraction of sp³-hybridized carbons (Fsp3) is 0.125. The van der Waals surface area contributed by atoms with E-state index in [1.807, 2.05) is 0 Å². The van der Waals surface area contributed by atoms with Crippen LogP contribution in [-0.4, -0.2) is 4.57 Å². The molecule has 68 valence electrons. The van der Waals surface area contributed by atoms with Gasteiger partial charge in [0, 0.05) is 11.5 Å². The third-order valence-corrected chi connectivity index (χ3v) is 2.55. The highest BCUT2D eigenvalue weighted by Crippen LogP contribution is 2.26. The second-order valence-electron chi connectivity index (χ2n) is 2.66. The highest BCUT2D eigenvalue weighted by Gasteiger charge is 2.09. The Morgan fingerprint density at radius 1 is 1.54 bits per heavy atom. The van der Waals surface area contributed by atoms with Gasteiger partial charge in [-0.05, 0) is 12.1 Å². The van der Waals surface area contributed by atoms with Crippen molar-refractivity contribution in [2.75, 3.05) is 0 Å². The summed E-state index contributed by atoms with van der Waals surface area (Å²) in [7, 11) is 1.62. The molecule has 0 N–H and O–H groups in total. The van der Waals surface area contributed by atoms with E-state index in [1.165, 1.54) is 4.57 Å². The molecule has 2 rings (SSSR count). The molecule has 1 aromatic heterocycles. The summed E-state index contributed by atoms with van der Waals surface area (Å²) in [6.07, 6.45) is 0. The van der Waals surface area contributed by atoms with Crippen LogP contribution in [0.4, 0.5) is 0 Å². The van der Waals surface area contributed by atoms with Crippen molar-refractivity contribution in [3.63, 3.8) is 0 Å². The molecular formula is C8H5BrClNO2. The van der Waals surface area contributed by atoms with Crippen LogP contribution in [-0.2, 0) is 7.05 Å². The number of aromatic nitrogens is 1. The molecule has 0 bridgehead atoms. The first-order valence-corrected chi connectivity index (χ1v) is 4.71. The van der Waals surface area contributed by atoms with Crippen molar-refractivity contribution in [1.82, 2.24) is 4.57 Å². The first-order valence-electron chi connectivity index (χ1n) is 3.54. The normalized spacial score (nSPS) is 11.0. The second-order valence-corrected chi connectivity index (χ2v) is 3.98. The maximum absolute atomic E-state index is 11.1. The van der Waals surface area contributed by atoms with Gasteiger partial charge in [0.15, 0.2) is 5.58 Å². The smallest absolute Gasteiger partial charge is 0.408 e. The van der Waals surface area contributed by atoms with Crippen LogP contribution in [0.15, 0.2) is 25.8 Å². The number of halogens is 2. The highest BCUT2D eigenvalue weighted by atomic mass is 79.9. The van der Waals surface area contributed by atoms with Crippen molar-refractivity contribution in [2.45, 2.75) is 0 Å². The zero-order chi connectivity index (χ0) is 9.59. The van der Waals surface area contributed by atoms with Gasteiger partial charge >= 0.3 is 5.76 Å². The summed E-state index contributed by atoms with van der Waals surface area (Å²) < 4.78 is 7.12. The minimum Gasteiger partial charge on any atom is -0.408 e. The number of aryl methyl sites for hydroxylation is 1. The van der Waals surface area contributed by atoms with Crippen molar-refractivity contribution in [1.29, 1.82) is 0 Å². The summed E-state index contributed by atoms with van der Waals surface area (Å²) in [5.41, 5.74) is 1.11. The Hall–Kier alpha value is -0.740. The van der Waals surface area contributed by atoms with Gasteiger partial charge in [-0.2, -0.15) is 0 Å². The summed E-state index contributed by atoms with van der Waals surface area (Å²) in [6.45, 7) is 0. The standard InChI is InChI=1S/C8H5BrClNO2/c1-11-7-5(10)2-4(9)3-6(7)13-8(11)12/h2-3H,1H3. The third-order valence-electron chi connectivity index (χ3n) is 1.80. The van der Waals surface area contributed by atoms with Crippen LogP contribution >= 0.6 is 27.5 Å². The van der Waals surface area contributed by atoms with Gasteiger partial charge in [0.05, 0.1) is 5.02 Å². The number of hydrogen-bond donors (Lipinski definition) is 0. The maximum atomic E-state index is 11.1. The molecule has 5 heteroatoms. The minimum absolute atomic E-state index is 0.407. The lowest BCUT2D eigenvalue weighted by atomic mass is 10.3. The minimum atomic E-state index is -0.407. The molecule has 0 spiro atoms. The van der Waals surface area contributed by atoms with Gasteiger partial charge < -0.3 is 4.42 Å². The SMILES string of the molecule is Cn1c(=O)oc2cc(Br)cc(Cl)c21. The number of benzene rings is 1. The average molecular weight is 262 g/mol. The molecule has 13 heavy (non-hydrogen) atoms. The van der Waals surface area contributed by atoms with E-state index >= 15 is 0 Å². The summed E-state index contributed by atoms with van der Waals surface area (Å²) in [6, 6.07) is 3.43. The molecule has 2 aromatic rings. The van der Waals surface area contributed by atoms with Crippen LogP contribution in [0.5, 0.6) is 0 Å². The molecule has 0 aliphatic carbocycles. The first kappa shape index (κ1) is 8.84. The van der Waals surface area contributed by atoms with Gasteiger partial charge in [-0.3, -0.25) is 4.57 Å². The quantitative estimate of drug-likeness (QED) is 0.731. The van der Waals surface area contributed by atoms with E-state index in [0.717, 1.165) is 4.47 Å². The van der Waals surface area contributed by atoms with Crippen molar-refractivity contribution in [3.05, 3.63) is 32.2 Å². The van der Waals surface area contributed by atoms with E-state index in [2.05, 4.69) is 15.9 Å². The van der Waals surface area contributed by atoms with Crippen molar-refractivity contribution < 1.29 is 4.42 Å². The van der Waals surface area contributed by atoms with Crippen LogP contribution in [0.25, 0.3) is 11.1 Å². The Morgan fingerprint density at radius 3 is 2.92 bits per heavy atom. The zero-order valence-corrected chi connectivity index (χ0v) is 9.02. The molecule has 1 aromatic carbocycles. The van der Waals surface area contributed by atoms with Crippen LogP contribution in [0.2, 0.25) is 5.02 Å². The van der Waals surface area contributed by atoms with E-state index in [1.54, 1.807) is 19.2 Å². The van der Waals surface area contributed by atoms with E-state index in [0.29, 0.717) is 16.1 Å². The predicted molar refractivity (Wildman–Crippen MR) is 54.2 cm³/mol. The molecule has 0 fully saturated rings. The molecule has 0 amide bonds. The molecule has 0 saturated carbocycles. The summed E-state index contributed by atoms with van der Waals surface area (Å²) >= 11 is 9.19. The van der Waals surface area contributed by atoms with Crippen LogP contribution in [0.1, 0.15) is 0 Å². The highest BCUT2D eigenvalue weighted by molar-refractivity contribution is 9.10. The van der Waals surface area contributed by atoms with Gasteiger partial charge in [-0.1, -0.05) is 27.5 Å². The van der Waals surface area contributed by atoms with Crippen molar-refractivity contribution in [3.8, 4) is 0 Å². The lowest BCUT2D eigenvalue weighted by Gasteiger charge is -1.95. The summed E-state index contributed by atoms with van der Waals surface area (Å²) in [5, 5.41) is 0.498. The number of rotatable bonds is 0. The van der Waals surface area contributed by atoms with Crippen molar-refractivity contribution >= 4 is 38.6 Å². The second kappa shape index (κ2) is 2.89. The Kier molecular flexibility index (Phi) is 1.96.